The zero-order chi connectivity index (χ0) is 4.28. The van der Waals surface area contributed by atoms with E-state index in [4.69, 9.17) is 5.11 Å². The van der Waals surface area contributed by atoms with E-state index in [1.54, 1.807) is 0 Å². The summed E-state index contributed by atoms with van der Waals surface area (Å²) in [4.78, 5) is 9.24. The Labute approximate surface area is 62.4 Å². The fourth-order valence-corrected chi connectivity index (χ4v) is 0. The monoisotopic (exact) mass is 235 g/mol. The van der Waals surface area contributed by atoms with Crippen molar-refractivity contribution in [3.05, 3.63) is 0 Å². The number of carboxylic acids is 1. The average Bonchev–Trinajstić information content (AvgIpc) is 1.38. The lowest BCUT2D eigenvalue weighted by Gasteiger charge is -1.73. The number of aliphatic carboxylic acids is 1. The van der Waals surface area contributed by atoms with Crippen molar-refractivity contribution in [1.82, 2.24) is 0 Å². The molecule has 46 valence electrons. The Hall–Kier alpha value is 0.390. The summed E-state index contributed by atoms with van der Waals surface area (Å²) in [5.41, 5.74) is 4.57. The van der Waals surface area contributed by atoms with Gasteiger partial charge in [-0.05, 0) is 0 Å². The Bertz CT molecular complexity index is 49.0. The number of nitrogens with two attached hydrogens (primary N) is 1. The molecular formula is C2H7Br2NO2. The van der Waals surface area contributed by atoms with Crippen LogP contribution in [-0.2, 0) is 4.79 Å². The van der Waals surface area contributed by atoms with E-state index in [2.05, 4.69) is 5.73 Å². The SMILES string of the molecule is Br.Br.NCC(=O)O. The maximum Gasteiger partial charge on any atom is 0.317 e. The second kappa shape index (κ2) is 9.63. The van der Waals surface area contributed by atoms with Crippen molar-refractivity contribution < 1.29 is 9.90 Å². The van der Waals surface area contributed by atoms with Gasteiger partial charge in [0.15, 0.2) is 0 Å². The smallest absolute Gasteiger partial charge is 0.317 e. The van der Waals surface area contributed by atoms with Crippen LogP contribution in [-0.4, -0.2) is 17.6 Å². The summed E-state index contributed by atoms with van der Waals surface area (Å²) in [6.07, 6.45) is 0. The Kier molecular flexibility index (Phi) is 21.5. The average molecular weight is 237 g/mol. The number of halogens is 2. The quantitative estimate of drug-likeness (QED) is 0.683. The lowest BCUT2D eigenvalue weighted by molar-refractivity contribution is -0.135. The van der Waals surface area contributed by atoms with Gasteiger partial charge >= 0.3 is 5.97 Å². The largest absolute Gasteiger partial charge is 0.480 e. The molecule has 0 aliphatic rings. The van der Waals surface area contributed by atoms with Crippen LogP contribution >= 0.6 is 34.0 Å². The number of hydrogen-bond donors (Lipinski definition) is 2. The lowest BCUT2D eigenvalue weighted by Crippen LogP contribution is -2.10. The molecule has 0 rings (SSSR count). The van der Waals surface area contributed by atoms with Crippen LogP contribution in [0.2, 0.25) is 0 Å². The van der Waals surface area contributed by atoms with Crippen LogP contribution in [0, 0.1) is 0 Å². The van der Waals surface area contributed by atoms with Crippen LogP contribution < -0.4 is 5.73 Å². The summed E-state index contributed by atoms with van der Waals surface area (Å²) in [6, 6.07) is 0. The first-order valence-electron chi connectivity index (χ1n) is 1.19. The third-order valence-corrected chi connectivity index (χ3v) is 0.175. The van der Waals surface area contributed by atoms with Gasteiger partial charge in [0.2, 0.25) is 0 Å². The lowest BCUT2D eigenvalue weighted by atomic mass is 10.7. The highest BCUT2D eigenvalue weighted by Gasteiger charge is 1.81. The van der Waals surface area contributed by atoms with Gasteiger partial charge in [0.1, 0.15) is 0 Å². The van der Waals surface area contributed by atoms with Gasteiger partial charge in [-0.1, -0.05) is 0 Å². The van der Waals surface area contributed by atoms with Gasteiger partial charge in [0.25, 0.3) is 0 Å². The molecule has 0 aliphatic carbocycles. The molecule has 3 nitrogen and oxygen atoms in total. The summed E-state index contributed by atoms with van der Waals surface area (Å²) in [7, 11) is 0. The van der Waals surface area contributed by atoms with Gasteiger partial charge in [0, 0.05) is 0 Å². The summed E-state index contributed by atoms with van der Waals surface area (Å²) in [5, 5.41) is 7.60. The Morgan fingerprint density at radius 1 is 1.57 bits per heavy atom. The standard InChI is InChI=1S/C2H5NO2.2BrH/c3-1-2(4)5;;/h1,3H2,(H,4,5);2*1H. The topological polar surface area (TPSA) is 63.3 Å². The molecule has 0 aromatic heterocycles. The first kappa shape index (κ1) is 15.7. The Balaban J connectivity index is -0.0000000800. The molecular weight excluding hydrogens is 230 g/mol. The van der Waals surface area contributed by atoms with Crippen molar-refractivity contribution in [1.29, 1.82) is 0 Å². The predicted molar refractivity (Wildman–Crippen MR) is 37.3 cm³/mol. The van der Waals surface area contributed by atoms with Crippen LogP contribution in [0.25, 0.3) is 0 Å². The van der Waals surface area contributed by atoms with E-state index in [9.17, 15) is 4.79 Å². The molecule has 0 aromatic carbocycles. The molecule has 0 bridgehead atoms. The number of carboxylic acid groups (broad SMARTS) is 1. The van der Waals surface area contributed by atoms with Crippen LogP contribution in [0.3, 0.4) is 0 Å². The minimum atomic E-state index is -0.968. The fourth-order valence-electron chi connectivity index (χ4n) is 0. The normalized spacial score (nSPS) is 5.29. The van der Waals surface area contributed by atoms with Crippen molar-refractivity contribution in [3.8, 4) is 0 Å². The van der Waals surface area contributed by atoms with Gasteiger partial charge in [0.05, 0.1) is 6.54 Å². The molecule has 0 saturated carbocycles. The molecule has 3 N–H and O–H groups in total. The molecule has 0 saturated heterocycles. The maximum absolute atomic E-state index is 9.24. The maximum atomic E-state index is 9.24. The van der Waals surface area contributed by atoms with Gasteiger partial charge in [-0.2, -0.15) is 0 Å². The number of hydrogen-bond acceptors (Lipinski definition) is 2. The van der Waals surface area contributed by atoms with Crippen LogP contribution in [0.4, 0.5) is 0 Å². The molecule has 0 amide bonds. The summed E-state index contributed by atoms with van der Waals surface area (Å²) >= 11 is 0. The highest BCUT2D eigenvalue weighted by Crippen LogP contribution is 1.43. The molecule has 0 aromatic rings. The Morgan fingerprint density at radius 2 is 1.71 bits per heavy atom. The molecule has 0 fully saturated rings. The van der Waals surface area contributed by atoms with E-state index in [0.717, 1.165) is 0 Å². The van der Waals surface area contributed by atoms with Crippen molar-refractivity contribution in [2.24, 2.45) is 5.73 Å². The van der Waals surface area contributed by atoms with Crippen molar-refractivity contribution in [3.63, 3.8) is 0 Å². The van der Waals surface area contributed by atoms with Gasteiger partial charge < -0.3 is 10.8 Å². The first-order valence-corrected chi connectivity index (χ1v) is 1.19. The van der Waals surface area contributed by atoms with E-state index in [1.165, 1.54) is 0 Å². The molecule has 7 heavy (non-hydrogen) atoms. The molecule has 0 aliphatic heterocycles. The van der Waals surface area contributed by atoms with E-state index < -0.39 is 5.97 Å². The van der Waals surface area contributed by atoms with Crippen LogP contribution in [0.15, 0.2) is 0 Å². The first-order chi connectivity index (χ1) is 2.27. The minimum absolute atomic E-state index is 0. The zero-order valence-corrected chi connectivity index (χ0v) is 6.88. The minimum Gasteiger partial charge on any atom is -0.480 e. The molecule has 0 heterocycles. The molecule has 0 atom stereocenters. The third-order valence-electron chi connectivity index (χ3n) is 0.175. The summed E-state index contributed by atoms with van der Waals surface area (Å²) in [5.74, 6) is -0.968. The Morgan fingerprint density at radius 3 is 1.71 bits per heavy atom. The van der Waals surface area contributed by atoms with E-state index in [-0.39, 0.29) is 40.5 Å². The van der Waals surface area contributed by atoms with E-state index in [0.29, 0.717) is 0 Å². The van der Waals surface area contributed by atoms with Gasteiger partial charge in [-0.25, -0.2) is 0 Å². The summed E-state index contributed by atoms with van der Waals surface area (Å²) < 4.78 is 0. The van der Waals surface area contributed by atoms with E-state index >= 15 is 0 Å². The molecule has 0 spiro atoms. The molecule has 5 heteroatoms. The van der Waals surface area contributed by atoms with Crippen LogP contribution in [0.5, 0.6) is 0 Å². The fraction of sp³-hybridized carbons (Fsp3) is 0.500. The van der Waals surface area contributed by atoms with Crippen molar-refractivity contribution in [2.45, 2.75) is 0 Å². The highest BCUT2D eigenvalue weighted by molar-refractivity contribution is 8.93. The van der Waals surface area contributed by atoms with Crippen LogP contribution in [0.1, 0.15) is 0 Å². The van der Waals surface area contributed by atoms with Gasteiger partial charge in [-0.15, -0.1) is 34.0 Å². The summed E-state index contributed by atoms with van der Waals surface area (Å²) in [6.45, 7) is -0.278. The van der Waals surface area contributed by atoms with E-state index in [1.807, 2.05) is 0 Å². The number of rotatable bonds is 1. The number of carbonyl (C=O) groups is 1. The third kappa shape index (κ3) is 21.6. The second-order valence-electron chi connectivity index (χ2n) is 0.598. The highest BCUT2D eigenvalue weighted by atomic mass is 79.9. The predicted octanol–water partition coefficient (Wildman–Crippen LogP) is 0.185. The molecule has 0 radical (unpaired) electrons. The second-order valence-corrected chi connectivity index (χ2v) is 0.598. The molecule has 0 unspecified atom stereocenters. The zero-order valence-electron chi connectivity index (χ0n) is 3.46. The van der Waals surface area contributed by atoms with Crippen molar-refractivity contribution in [2.75, 3.05) is 6.54 Å². The van der Waals surface area contributed by atoms with Gasteiger partial charge in [-0.3, -0.25) is 4.79 Å². The van der Waals surface area contributed by atoms with Crippen molar-refractivity contribution >= 4 is 39.9 Å².